The SMILES string of the molecule is NC(=NCc1ccc(F)cc1F)C1CC1. The highest BCUT2D eigenvalue weighted by Gasteiger charge is 2.25. The van der Waals surface area contributed by atoms with Gasteiger partial charge in [0, 0.05) is 17.5 Å². The van der Waals surface area contributed by atoms with Gasteiger partial charge in [-0.3, -0.25) is 4.99 Å². The van der Waals surface area contributed by atoms with Crippen molar-refractivity contribution in [1.29, 1.82) is 0 Å². The summed E-state index contributed by atoms with van der Waals surface area (Å²) in [5.74, 6) is -0.176. The Kier molecular flexibility index (Phi) is 2.66. The molecule has 0 unspecified atom stereocenters. The van der Waals surface area contributed by atoms with Crippen LogP contribution in [0.4, 0.5) is 8.78 Å². The summed E-state index contributed by atoms with van der Waals surface area (Å²) >= 11 is 0. The van der Waals surface area contributed by atoms with Gasteiger partial charge < -0.3 is 5.73 Å². The third-order valence-electron chi connectivity index (χ3n) is 2.44. The molecule has 4 heteroatoms. The average Bonchev–Trinajstić information content (AvgIpc) is 2.99. The molecule has 15 heavy (non-hydrogen) atoms. The molecule has 0 aromatic heterocycles. The van der Waals surface area contributed by atoms with E-state index in [4.69, 9.17) is 5.73 Å². The molecule has 1 fully saturated rings. The molecule has 1 aliphatic rings. The second-order valence-electron chi connectivity index (χ2n) is 3.75. The lowest BCUT2D eigenvalue weighted by atomic mass is 10.2. The molecule has 0 radical (unpaired) electrons. The summed E-state index contributed by atoms with van der Waals surface area (Å²) in [4.78, 5) is 4.08. The Morgan fingerprint density at radius 1 is 1.40 bits per heavy atom. The van der Waals surface area contributed by atoms with Crippen LogP contribution in [-0.4, -0.2) is 5.84 Å². The van der Waals surface area contributed by atoms with Crippen molar-refractivity contribution in [3.05, 3.63) is 35.4 Å². The first-order valence-corrected chi connectivity index (χ1v) is 4.90. The van der Waals surface area contributed by atoms with Crippen LogP contribution >= 0.6 is 0 Å². The number of hydrogen-bond donors (Lipinski definition) is 1. The lowest BCUT2D eigenvalue weighted by Crippen LogP contribution is -2.14. The lowest BCUT2D eigenvalue weighted by molar-refractivity contribution is 0.572. The van der Waals surface area contributed by atoms with Crippen molar-refractivity contribution in [3.63, 3.8) is 0 Å². The number of halogens is 2. The number of nitrogens with two attached hydrogens (primary N) is 1. The van der Waals surface area contributed by atoms with E-state index in [1.54, 1.807) is 0 Å². The first kappa shape index (κ1) is 10.1. The Labute approximate surface area is 86.8 Å². The molecule has 2 N–H and O–H groups in total. The van der Waals surface area contributed by atoms with Gasteiger partial charge in [-0.2, -0.15) is 0 Å². The van der Waals surface area contributed by atoms with E-state index in [0.29, 0.717) is 17.3 Å². The Morgan fingerprint density at radius 2 is 2.13 bits per heavy atom. The van der Waals surface area contributed by atoms with Gasteiger partial charge in [0.15, 0.2) is 0 Å². The highest BCUT2D eigenvalue weighted by atomic mass is 19.1. The Balaban J connectivity index is 2.07. The largest absolute Gasteiger partial charge is 0.387 e. The van der Waals surface area contributed by atoms with Crippen molar-refractivity contribution in [1.82, 2.24) is 0 Å². The fourth-order valence-electron chi connectivity index (χ4n) is 1.33. The van der Waals surface area contributed by atoms with E-state index >= 15 is 0 Å². The Morgan fingerprint density at radius 3 is 2.73 bits per heavy atom. The smallest absolute Gasteiger partial charge is 0.131 e. The van der Waals surface area contributed by atoms with Crippen molar-refractivity contribution in [2.75, 3.05) is 0 Å². The van der Waals surface area contributed by atoms with Gasteiger partial charge in [-0.05, 0) is 18.9 Å². The quantitative estimate of drug-likeness (QED) is 0.603. The molecule has 2 nitrogen and oxygen atoms in total. The summed E-state index contributed by atoms with van der Waals surface area (Å²) in [6.07, 6.45) is 2.14. The number of nitrogens with zero attached hydrogens (tertiary/aromatic N) is 1. The fraction of sp³-hybridized carbons (Fsp3) is 0.364. The predicted octanol–water partition coefficient (Wildman–Crippen LogP) is 2.23. The number of benzene rings is 1. The van der Waals surface area contributed by atoms with E-state index < -0.39 is 11.6 Å². The van der Waals surface area contributed by atoms with Crippen LogP contribution in [0.2, 0.25) is 0 Å². The molecule has 0 heterocycles. The monoisotopic (exact) mass is 210 g/mol. The van der Waals surface area contributed by atoms with Crippen molar-refractivity contribution >= 4 is 5.84 Å². The van der Waals surface area contributed by atoms with Gasteiger partial charge in [0.05, 0.1) is 12.4 Å². The number of amidine groups is 1. The molecular weight excluding hydrogens is 198 g/mol. The maximum absolute atomic E-state index is 13.2. The topological polar surface area (TPSA) is 38.4 Å². The standard InChI is InChI=1S/C11H12F2N2/c12-9-4-3-8(10(13)5-9)6-15-11(14)7-1-2-7/h3-5,7H,1-2,6H2,(H2,14,15). The molecule has 0 spiro atoms. The van der Waals surface area contributed by atoms with Gasteiger partial charge in [0.2, 0.25) is 0 Å². The average molecular weight is 210 g/mol. The van der Waals surface area contributed by atoms with Gasteiger partial charge in [-0.25, -0.2) is 8.78 Å². The number of rotatable bonds is 3. The van der Waals surface area contributed by atoms with Crippen LogP contribution in [0.25, 0.3) is 0 Å². The summed E-state index contributed by atoms with van der Waals surface area (Å²) in [5, 5.41) is 0. The van der Waals surface area contributed by atoms with Gasteiger partial charge in [-0.15, -0.1) is 0 Å². The van der Waals surface area contributed by atoms with Crippen molar-refractivity contribution in [3.8, 4) is 0 Å². The van der Waals surface area contributed by atoms with E-state index in [9.17, 15) is 8.78 Å². The highest BCUT2D eigenvalue weighted by molar-refractivity contribution is 5.84. The van der Waals surface area contributed by atoms with Gasteiger partial charge in [-0.1, -0.05) is 6.07 Å². The maximum Gasteiger partial charge on any atom is 0.131 e. The summed E-state index contributed by atoms with van der Waals surface area (Å²) < 4.78 is 25.8. The predicted molar refractivity (Wildman–Crippen MR) is 54.4 cm³/mol. The summed E-state index contributed by atoms with van der Waals surface area (Å²) in [5.41, 5.74) is 6.04. The van der Waals surface area contributed by atoms with E-state index in [0.717, 1.165) is 18.9 Å². The second kappa shape index (κ2) is 3.96. The fourth-order valence-corrected chi connectivity index (χ4v) is 1.33. The lowest BCUT2D eigenvalue weighted by Gasteiger charge is -2.01. The molecule has 0 amide bonds. The van der Waals surface area contributed by atoms with E-state index in [2.05, 4.69) is 4.99 Å². The number of aliphatic imine (C=N–C) groups is 1. The van der Waals surface area contributed by atoms with Crippen LogP contribution in [0, 0.1) is 17.6 Å². The normalized spacial score (nSPS) is 16.8. The summed E-state index contributed by atoms with van der Waals surface area (Å²) in [7, 11) is 0. The van der Waals surface area contributed by atoms with Gasteiger partial charge in [0.1, 0.15) is 11.6 Å². The van der Waals surface area contributed by atoms with Gasteiger partial charge in [0.25, 0.3) is 0 Å². The van der Waals surface area contributed by atoms with Crippen LogP contribution in [0.1, 0.15) is 18.4 Å². The minimum atomic E-state index is -0.574. The minimum absolute atomic E-state index is 0.189. The van der Waals surface area contributed by atoms with Crippen molar-refractivity contribution < 1.29 is 8.78 Å². The van der Waals surface area contributed by atoms with E-state index in [1.807, 2.05) is 0 Å². The third kappa shape index (κ3) is 2.52. The zero-order valence-corrected chi connectivity index (χ0v) is 8.21. The third-order valence-corrected chi connectivity index (χ3v) is 2.44. The molecule has 1 aromatic rings. The van der Waals surface area contributed by atoms with E-state index in [-0.39, 0.29) is 6.54 Å². The molecule has 0 aliphatic heterocycles. The molecule has 0 atom stereocenters. The zero-order chi connectivity index (χ0) is 10.8. The summed E-state index contributed by atoms with van der Waals surface area (Å²) in [6, 6.07) is 3.48. The first-order valence-electron chi connectivity index (χ1n) is 4.90. The van der Waals surface area contributed by atoms with Crippen molar-refractivity contribution in [2.45, 2.75) is 19.4 Å². The maximum atomic E-state index is 13.2. The van der Waals surface area contributed by atoms with Crippen molar-refractivity contribution in [2.24, 2.45) is 16.6 Å². The Bertz CT molecular complexity index is 398. The van der Waals surface area contributed by atoms with Gasteiger partial charge >= 0.3 is 0 Å². The summed E-state index contributed by atoms with van der Waals surface area (Å²) in [6.45, 7) is 0.189. The van der Waals surface area contributed by atoms with Crippen LogP contribution in [-0.2, 0) is 6.54 Å². The molecule has 0 bridgehead atoms. The second-order valence-corrected chi connectivity index (χ2v) is 3.75. The zero-order valence-electron chi connectivity index (χ0n) is 8.21. The molecule has 1 aliphatic carbocycles. The molecule has 2 rings (SSSR count). The molecule has 80 valence electrons. The van der Waals surface area contributed by atoms with Crippen LogP contribution in [0.15, 0.2) is 23.2 Å². The number of hydrogen-bond acceptors (Lipinski definition) is 1. The highest BCUT2D eigenvalue weighted by Crippen LogP contribution is 2.29. The minimum Gasteiger partial charge on any atom is -0.387 e. The first-order chi connectivity index (χ1) is 7.16. The van der Waals surface area contributed by atoms with E-state index in [1.165, 1.54) is 12.1 Å². The van der Waals surface area contributed by atoms with Crippen LogP contribution in [0.3, 0.4) is 0 Å². The molecule has 0 saturated heterocycles. The van der Waals surface area contributed by atoms with Crippen LogP contribution < -0.4 is 5.73 Å². The molecular formula is C11H12F2N2. The Hall–Kier alpha value is -1.45. The molecule has 1 saturated carbocycles. The molecule has 1 aromatic carbocycles. The van der Waals surface area contributed by atoms with Crippen LogP contribution in [0.5, 0.6) is 0 Å².